The molecule has 1 aromatic carbocycles. The number of hydrogen-bond donors (Lipinski definition) is 1. The quantitative estimate of drug-likeness (QED) is 0.845. The van der Waals surface area contributed by atoms with Crippen molar-refractivity contribution in [2.24, 2.45) is 0 Å². The summed E-state index contributed by atoms with van der Waals surface area (Å²) in [6.07, 6.45) is 0.0363. The topological polar surface area (TPSA) is 58.6 Å². The zero-order valence-electron chi connectivity index (χ0n) is 12.4. The third-order valence-electron chi connectivity index (χ3n) is 3.46. The van der Waals surface area contributed by atoms with Crippen LogP contribution in [0.25, 0.3) is 0 Å². The molecule has 0 spiro atoms. The molecule has 0 bridgehead atoms. The molecule has 0 unspecified atom stereocenters. The second-order valence-corrected chi connectivity index (χ2v) is 5.44. The van der Waals surface area contributed by atoms with Crippen molar-refractivity contribution in [3.63, 3.8) is 0 Å². The smallest absolute Gasteiger partial charge is 0.325 e. The highest BCUT2D eigenvalue weighted by Crippen LogP contribution is 2.28. The zero-order chi connectivity index (χ0) is 15.6. The number of urea groups is 1. The van der Waals surface area contributed by atoms with Crippen LogP contribution in [-0.4, -0.2) is 36.1 Å². The van der Waals surface area contributed by atoms with Gasteiger partial charge < -0.3 is 10.1 Å². The van der Waals surface area contributed by atoms with Crippen LogP contribution in [0.15, 0.2) is 24.3 Å². The SMILES string of the molecule is CC(C)OCCN1C(=O)N[C@](C)(c2ccc(F)cc2)C1=O. The van der Waals surface area contributed by atoms with Gasteiger partial charge in [-0.15, -0.1) is 0 Å². The molecule has 6 heteroatoms. The van der Waals surface area contributed by atoms with Crippen LogP contribution in [0.5, 0.6) is 0 Å². The van der Waals surface area contributed by atoms with Crippen LogP contribution < -0.4 is 5.32 Å². The first kappa shape index (κ1) is 15.4. The second-order valence-electron chi connectivity index (χ2n) is 5.44. The second kappa shape index (κ2) is 5.81. The van der Waals surface area contributed by atoms with Crippen molar-refractivity contribution in [1.82, 2.24) is 10.2 Å². The first-order valence-corrected chi connectivity index (χ1v) is 6.86. The number of benzene rings is 1. The summed E-state index contributed by atoms with van der Waals surface area (Å²) in [5, 5.41) is 2.66. The van der Waals surface area contributed by atoms with Gasteiger partial charge in [-0.3, -0.25) is 9.69 Å². The molecule has 1 fully saturated rings. The lowest BCUT2D eigenvalue weighted by Crippen LogP contribution is -2.41. The molecule has 0 aromatic heterocycles. The summed E-state index contributed by atoms with van der Waals surface area (Å²) in [4.78, 5) is 25.6. The molecule has 1 heterocycles. The number of nitrogens with one attached hydrogen (secondary N) is 1. The van der Waals surface area contributed by atoms with Gasteiger partial charge in [-0.25, -0.2) is 9.18 Å². The number of carbonyl (C=O) groups is 2. The predicted molar refractivity (Wildman–Crippen MR) is 75.1 cm³/mol. The number of amides is 3. The molecular formula is C15H19FN2O3. The lowest BCUT2D eigenvalue weighted by molar-refractivity contribution is -0.131. The normalized spacial score (nSPS) is 22.0. The molecule has 1 aliphatic heterocycles. The molecule has 0 saturated carbocycles. The van der Waals surface area contributed by atoms with Crippen molar-refractivity contribution in [2.75, 3.05) is 13.2 Å². The Labute approximate surface area is 123 Å². The van der Waals surface area contributed by atoms with Gasteiger partial charge >= 0.3 is 6.03 Å². The molecule has 1 saturated heterocycles. The summed E-state index contributed by atoms with van der Waals surface area (Å²) in [7, 11) is 0. The van der Waals surface area contributed by atoms with Crippen LogP contribution in [0, 0.1) is 5.82 Å². The lowest BCUT2D eigenvalue weighted by atomic mass is 9.92. The highest BCUT2D eigenvalue weighted by molar-refractivity contribution is 6.07. The molecule has 21 heavy (non-hydrogen) atoms. The maximum Gasteiger partial charge on any atom is 0.325 e. The van der Waals surface area contributed by atoms with Crippen LogP contribution in [0.1, 0.15) is 26.3 Å². The van der Waals surface area contributed by atoms with Gasteiger partial charge in [0.2, 0.25) is 0 Å². The Bertz CT molecular complexity index is 544. The Kier molecular flexibility index (Phi) is 4.27. The van der Waals surface area contributed by atoms with Crippen molar-refractivity contribution in [1.29, 1.82) is 0 Å². The van der Waals surface area contributed by atoms with Gasteiger partial charge in [0, 0.05) is 0 Å². The van der Waals surface area contributed by atoms with Gasteiger partial charge in [-0.2, -0.15) is 0 Å². The van der Waals surface area contributed by atoms with E-state index in [1.807, 2.05) is 13.8 Å². The van der Waals surface area contributed by atoms with Crippen molar-refractivity contribution < 1.29 is 18.7 Å². The third-order valence-corrected chi connectivity index (χ3v) is 3.46. The molecule has 1 aromatic rings. The molecule has 5 nitrogen and oxygen atoms in total. The third kappa shape index (κ3) is 3.05. The summed E-state index contributed by atoms with van der Waals surface area (Å²) in [6.45, 7) is 5.86. The van der Waals surface area contributed by atoms with Crippen LogP contribution in [-0.2, 0) is 15.1 Å². The van der Waals surface area contributed by atoms with Gasteiger partial charge in [0.25, 0.3) is 5.91 Å². The monoisotopic (exact) mass is 294 g/mol. The number of carbonyl (C=O) groups excluding carboxylic acids is 2. The minimum Gasteiger partial charge on any atom is -0.377 e. The molecule has 3 amide bonds. The predicted octanol–water partition coefficient (Wildman–Crippen LogP) is 2.02. The number of rotatable bonds is 5. The molecule has 2 rings (SSSR count). The molecule has 114 valence electrons. The summed E-state index contributed by atoms with van der Waals surface area (Å²) in [5.74, 6) is -0.743. The molecule has 1 atom stereocenters. The fraction of sp³-hybridized carbons (Fsp3) is 0.467. The largest absolute Gasteiger partial charge is 0.377 e. The fourth-order valence-electron chi connectivity index (χ4n) is 2.26. The molecule has 1 aliphatic rings. The Morgan fingerprint density at radius 2 is 1.90 bits per heavy atom. The number of nitrogens with zero attached hydrogens (tertiary/aromatic N) is 1. The Balaban J connectivity index is 2.14. The molecule has 0 radical (unpaired) electrons. The number of ether oxygens (including phenoxy) is 1. The highest BCUT2D eigenvalue weighted by atomic mass is 19.1. The summed E-state index contributed by atoms with van der Waals surface area (Å²) < 4.78 is 18.4. The Hall–Kier alpha value is -1.95. The van der Waals surface area contributed by atoms with Crippen molar-refractivity contribution >= 4 is 11.9 Å². The molecule has 0 aliphatic carbocycles. The zero-order valence-corrected chi connectivity index (χ0v) is 12.4. The molecule has 1 N–H and O–H groups in total. The van der Waals surface area contributed by atoms with E-state index in [0.717, 1.165) is 4.90 Å². The Morgan fingerprint density at radius 3 is 2.48 bits per heavy atom. The van der Waals surface area contributed by atoms with Crippen molar-refractivity contribution in [2.45, 2.75) is 32.4 Å². The van der Waals surface area contributed by atoms with E-state index in [9.17, 15) is 14.0 Å². The first-order valence-electron chi connectivity index (χ1n) is 6.86. The van der Waals surface area contributed by atoms with Crippen LogP contribution >= 0.6 is 0 Å². The van der Waals surface area contributed by atoms with Crippen LogP contribution in [0.2, 0.25) is 0 Å². The van der Waals surface area contributed by atoms with E-state index < -0.39 is 11.6 Å². The standard InChI is InChI=1S/C15H19FN2O3/c1-10(2)21-9-8-18-13(19)15(3,17-14(18)20)11-4-6-12(16)7-5-11/h4-7,10H,8-9H2,1-3H3,(H,17,20)/t15-/m1/s1. The maximum atomic E-state index is 13.0. The van der Waals surface area contributed by atoms with E-state index >= 15 is 0 Å². The van der Waals surface area contributed by atoms with E-state index in [0.29, 0.717) is 5.56 Å². The van der Waals surface area contributed by atoms with Crippen LogP contribution in [0.4, 0.5) is 9.18 Å². The Morgan fingerprint density at radius 1 is 1.29 bits per heavy atom. The maximum absolute atomic E-state index is 13.0. The minimum atomic E-state index is -1.16. The summed E-state index contributed by atoms with van der Waals surface area (Å²) >= 11 is 0. The van der Waals surface area contributed by atoms with Gasteiger partial charge in [-0.05, 0) is 38.5 Å². The van der Waals surface area contributed by atoms with E-state index in [1.165, 1.54) is 24.3 Å². The van der Waals surface area contributed by atoms with Crippen LogP contribution in [0.3, 0.4) is 0 Å². The summed E-state index contributed by atoms with van der Waals surface area (Å²) in [6, 6.07) is 5.08. The van der Waals surface area contributed by atoms with Crippen molar-refractivity contribution in [3.05, 3.63) is 35.6 Å². The fourth-order valence-corrected chi connectivity index (χ4v) is 2.26. The number of imide groups is 1. The van der Waals surface area contributed by atoms with Gasteiger partial charge in [-0.1, -0.05) is 12.1 Å². The average molecular weight is 294 g/mol. The van der Waals surface area contributed by atoms with Gasteiger partial charge in [0.1, 0.15) is 11.4 Å². The summed E-state index contributed by atoms with van der Waals surface area (Å²) in [5.41, 5.74) is -0.614. The van der Waals surface area contributed by atoms with Gasteiger partial charge in [0.15, 0.2) is 0 Å². The van der Waals surface area contributed by atoms with E-state index in [-0.39, 0.29) is 31.0 Å². The highest BCUT2D eigenvalue weighted by Gasteiger charge is 2.48. The lowest BCUT2D eigenvalue weighted by Gasteiger charge is -2.22. The van der Waals surface area contributed by atoms with Gasteiger partial charge in [0.05, 0.1) is 19.3 Å². The number of halogens is 1. The molecular weight excluding hydrogens is 275 g/mol. The van der Waals surface area contributed by atoms with E-state index in [4.69, 9.17) is 4.74 Å². The first-order chi connectivity index (χ1) is 9.84. The minimum absolute atomic E-state index is 0.0363. The van der Waals surface area contributed by atoms with E-state index in [2.05, 4.69) is 5.32 Å². The van der Waals surface area contributed by atoms with Crippen molar-refractivity contribution in [3.8, 4) is 0 Å². The number of hydrogen-bond acceptors (Lipinski definition) is 3. The van der Waals surface area contributed by atoms with E-state index in [1.54, 1.807) is 6.92 Å². The average Bonchev–Trinajstić information content (AvgIpc) is 2.63.